The quantitative estimate of drug-likeness (QED) is 0.503. The van der Waals surface area contributed by atoms with E-state index in [1.165, 1.54) is 5.56 Å². The number of amides is 1. The van der Waals surface area contributed by atoms with Crippen LogP contribution in [0, 0.1) is 12.8 Å². The average molecular weight is 453 g/mol. The molecular weight excluding hydrogens is 424 g/mol. The highest BCUT2D eigenvalue weighted by atomic mass is 35.5. The minimum Gasteiger partial charge on any atom is -0.356 e. The van der Waals surface area contributed by atoms with Crippen LogP contribution in [0.5, 0.6) is 0 Å². The molecule has 0 aliphatic carbocycles. The third-order valence-corrected chi connectivity index (χ3v) is 6.34. The Morgan fingerprint density at radius 1 is 1.16 bits per heavy atom. The first-order valence-corrected chi connectivity index (χ1v) is 11.6. The Bertz CT molecular complexity index is 1030. The molecule has 1 aliphatic rings. The average Bonchev–Trinajstić information content (AvgIpc) is 3.27. The summed E-state index contributed by atoms with van der Waals surface area (Å²) in [5.74, 6) is 1.45. The van der Waals surface area contributed by atoms with Gasteiger partial charge in [-0.2, -0.15) is 4.98 Å². The van der Waals surface area contributed by atoms with E-state index in [9.17, 15) is 4.79 Å². The SMILES string of the molecule is Cc1ccc(-c2noc(CN3CCC(C(=O)NCCCc4ccccc4Cl)CC3)n2)cc1. The van der Waals surface area contributed by atoms with Crippen LogP contribution in [-0.2, 0) is 17.8 Å². The lowest BCUT2D eigenvalue weighted by molar-refractivity contribution is -0.126. The van der Waals surface area contributed by atoms with Crippen molar-refractivity contribution in [3.05, 3.63) is 70.6 Å². The molecule has 0 spiro atoms. The minimum absolute atomic E-state index is 0.0670. The first kappa shape index (κ1) is 22.5. The van der Waals surface area contributed by atoms with E-state index in [1.54, 1.807) is 0 Å². The molecule has 0 saturated carbocycles. The van der Waals surface area contributed by atoms with Crippen LogP contribution in [0.15, 0.2) is 53.1 Å². The van der Waals surface area contributed by atoms with Gasteiger partial charge in [0.2, 0.25) is 17.6 Å². The molecule has 3 aromatic rings. The zero-order chi connectivity index (χ0) is 22.3. The van der Waals surface area contributed by atoms with Crippen LogP contribution in [0.4, 0.5) is 0 Å². The molecule has 1 fully saturated rings. The van der Waals surface area contributed by atoms with Gasteiger partial charge < -0.3 is 9.84 Å². The number of benzene rings is 2. The van der Waals surface area contributed by atoms with Gasteiger partial charge in [-0.05, 0) is 57.3 Å². The molecule has 7 heteroatoms. The van der Waals surface area contributed by atoms with E-state index in [0.717, 1.165) is 54.9 Å². The van der Waals surface area contributed by atoms with Crippen molar-refractivity contribution in [3.63, 3.8) is 0 Å². The van der Waals surface area contributed by atoms with Crippen molar-refractivity contribution in [2.45, 2.75) is 39.2 Å². The van der Waals surface area contributed by atoms with E-state index in [-0.39, 0.29) is 11.8 Å². The molecule has 2 aromatic carbocycles. The minimum atomic E-state index is 0.0670. The Morgan fingerprint density at radius 3 is 2.66 bits per heavy atom. The molecule has 1 N–H and O–H groups in total. The summed E-state index contributed by atoms with van der Waals surface area (Å²) in [6.07, 6.45) is 3.44. The Kier molecular flexibility index (Phi) is 7.55. The fourth-order valence-electron chi connectivity index (χ4n) is 4.02. The Balaban J connectivity index is 1.17. The maximum atomic E-state index is 12.5. The fourth-order valence-corrected chi connectivity index (χ4v) is 4.25. The summed E-state index contributed by atoms with van der Waals surface area (Å²) in [7, 11) is 0. The number of likely N-dealkylation sites (tertiary alicyclic amines) is 1. The Morgan fingerprint density at radius 2 is 1.91 bits per heavy atom. The van der Waals surface area contributed by atoms with Gasteiger partial charge in [-0.25, -0.2) is 0 Å². The van der Waals surface area contributed by atoms with E-state index in [2.05, 4.69) is 27.3 Å². The first-order valence-electron chi connectivity index (χ1n) is 11.2. The third-order valence-electron chi connectivity index (χ3n) is 5.98. The lowest BCUT2D eigenvalue weighted by Gasteiger charge is -2.30. The number of aryl methyl sites for hydroxylation is 2. The van der Waals surface area contributed by atoms with E-state index in [0.29, 0.717) is 24.8 Å². The topological polar surface area (TPSA) is 71.3 Å². The smallest absolute Gasteiger partial charge is 0.241 e. The molecule has 0 bridgehead atoms. The van der Waals surface area contributed by atoms with E-state index < -0.39 is 0 Å². The molecule has 1 amide bonds. The van der Waals surface area contributed by atoms with Crippen LogP contribution in [-0.4, -0.2) is 40.6 Å². The first-order chi connectivity index (χ1) is 15.6. The molecule has 0 unspecified atom stereocenters. The predicted molar refractivity (Wildman–Crippen MR) is 125 cm³/mol. The van der Waals surface area contributed by atoms with Crippen LogP contribution < -0.4 is 5.32 Å². The number of piperidine rings is 1. The lowest BCUT2D eigenvalue weighted by atomic mass is 9.96. The maximum Gasteiger partial charge on any atom is 0.241 e. The van der Waals surface area contributed by atoms with Gasteiger partial charge in [0.05, 0.1) is 6.54 Å². The van der Waals surface area contributed by atoms with Crippen molar-refractivity contribution in [3.8, 4) is 11.4 Å². The molecule has 1 saturated heterocycles. The summed E-state index contributed by atoms with van der Waals surface area (Å²) in [6.45, 7) is 5.04. The summed E-state index contributed by atoms with van der Waals surface area (Å²) >= 11 is 6.19. The van der Waals surface area contributed by atoms with Gasteiger partial charge in [0.15, 0.2) is 0 Å². The highest BCUT2D eigenvalue weighted by Gasteiger charge is 2.25. The summed E-state index contributed by atoms with van der Waals surface area (Å²) in [5, 5.41) is 7.99. The van der Waals surface area contributed by atoms with Crippen molar-refractivity contribution in [1.29, 1.82) is 0 Å². The summed E-state index contributed by atoms with van der Waals surface area (Å²) in [4.78, 5) is 19.3. The van der Waals surface area contributed by atoms with Crippen LogP contribution in [0.2, 0.25) is 5.02 Å². The van der Waals surface area contributed by atoms with E-state index >= 15 is 0 Å². The van der Waals surface area contributed by atoms with Crippen molar-refractivity contribution in [2.24, 2.45) is 5.92 Å². The standard InChI is InChI=1S/C25H29ClN4O2/c1-18-8-10-20(11-9-18)24-28-23(32-29-24)17-30-15-12-21(13-16-30)25(31)27-14-4-6-19-5-2-3-7-22(19)26/h2-3,5,7-11,21H,4,6,12-17H2,1H3,(H,27,31). The van der Waals surface area contributed by atoms with Gasteiger partial charge in [-0.3, -0.25) is 9.69 Å². The van der Waals surface area contributed by atoms with Crippen LogP contribution in [0.25, 0.3) is 11.4 Å². The van der Waals surface area contributed by atoms with Gasteiger partial charge in [-0.1, -0.05) is 64.8 Å². The molecule has 6 nitrogen and oxygen atoms in total. The van der Waals surface area contributed by atoms with Gasteiger partial charge in [0.25, 0.3) is 0 Å². The molecule has 1 aromatic heterocycles. The van der Waals surface area contributed by atoms with Crippen LogP contribution in [0.3, 0.4) is 0 Å². The Hall–Kier alpha value is -2.70. The van der Waals surface area contributed by atoms with Gasteiger partial charge in [0, 0.05) is 23.0 Å². The number of hydrogen-bond donors (Lipinski definition) is 1. The summed E-state index contributed by atoms with van der Waals surface area (Å²) in [5.41, 5.74) is 3.28. The number of aromatic nitrogens is 2. The van der Waals surface area contributed by atoms with Crippen molar-refractivity contribution in [1.82, 2.24) is 20.4 Å². The number of nitrogens with zero attached hydrogens (tertiary/aromatic N) is 3. The highest BCUT2D eigenvalue weighted by Crippen LogP contribution is 2.21. The highest BCUT2D eigenvalue weighted by molar-refractivity contribution is 6.31. The number of carbonyl (C=O) groups excluding carboxylic acids is 1. The molecule has 4 rings (SSSR count). The number of nitrogens with one attached hydrogen (secondary N) is 1. The van der Waals surface area contributed by atoms with E-state index in [1.807, 2.05) is 48.5 Å². The zero-order valence-electron chi connectivity index (χ0n) is 18.4. The van der Waals surface area contributed by atoms with Crippen molar-refractivity contribution in [2.75, 3.05) is 19.6 Å². The zero-order valence-corrected chi connectivity index (χ0v) is 19.1. The Labute approximate surface area is 194 Å². The number of hydrogen-bond acceptors (Lipinski definition) is 5. The van der Waals surface area contributed by atoms with Crippen LogP contribution in [0.1, 0.15) is 36.3 Å². The molecule has 168 valence electrons. The molecular formula is C25H29ClN4O2. The van der Waals surface area contributed by atoms with Crippen LogP contribution >= 0.6 is 11.6 Å². The molecule has 32 heavy (non-hydrogen) atoms. The second-order valence-electron chi connectivity index (χ2n) is 8.41. The van der Waals surface area contributed by atoms with Gasteiger partial charge in [0.1, 0.15) is 0 Å². The third kappa shape index (κ3) is 5.96. The molecule has 0 atom stereocenters. The second kappa shape index (κ2) is 10.7. The lowest BCUT2D eigenvalue weighted by Crippen LogP contribution is -2.40. The number of carbonyl (C=O) groups is 1. The van der Waals surface area contributed by atoms with Crippen molar-refractivity contribution >= 4 is 17.5 Å². The monoisotopic (exact) mass is 452 g/mol. The maximum absolute atomic E-state index is 12.5. The molecule has 2 heterocycles. The van der Waals surface area contributed by atoms with Gasteiger partial charge >= 0.3 is 0 Å². The summed E-state index contributed by atoms with van der Waals surface area (Å²) < 4.78 is 5.45. The second-order valence-corrected chi connectivity index (χ2v) is 8.82. The summed E-state index contributed by atoms with van der Waals surface area (Å²) in [6, 6.07) is 15.9. The predicted octanol–water partition coefficient (Wildman–Crippen LogP) is 4.66. The number of rotatable bonds is 8. The normalized spacial score (nSPS) is 15.1. The molecule has 1 aliphatic heterocycles. The van der Waals surface area contributed by atoms with Gasteiger partial charge in [-0.15, -0.1) is 0 Å². The largest absolute Gasteiger partial charge is 0.356 e. The van der Waals surface area contributed by atoms with E-state index in [4.69, 9.17) is 16.1 Å². The number of halogens is 1. The fraction of sp³-hybridized carbons (Fsp3) is 0.400. The van der Waals surface area contributed by atoms with Crippen molar-refractivity contribution < 1.29 is 9.32 Å². The molecule has 0 radical (unpaired) electrons.